The summed E-state index contributed by atoms with van der Waals surface area (Å²) in [6, 6.07) is 8.28. The van der Waals surface area contributed by atoms with E-state index in [0.29, 0.717) is 0 Å². The van der Waals surface area contributed by atoms with Crippen molar-refractivity contribution >= 4 is 23.2 Å². The highest BCUT2D eigenvalue weighted by molar-refractivity contribution is 5.80. The van der Waals surface area contributed by atoms with Crippen molar-refractivity contribution in [1.29, 1.82) is 0 Å². The Bertz CT molecular complexity index is 758. The lowest BCUT2D eigenvalue weighted by Gasteiger charge is -2.01. The van der Waals surface area contributed by atoms with Crippen LogP contribution in [0.3, 0.4) is 0 Å². The van der Waals surface area contributed by atoms with Gasteiger partial charge in [-0.2, -0.15) is 0 Å². The summed E-state index contributed by atoms with van der Waals surface area (Å²) in [6.45, 7) is 4.20. The van der Waals surface area contributed by atoms with E-state index in [-0.39, 0.29) is 0 Å². The Kier molecular flexibility index (Phi) is 3.11. The van der Waals surface area contributed by atoms with Crippen molar-refractivity contribution in [2.45, 2.75) is 13.8 Å². The van der Waals surface area contributed by atoms with Crippen molar-refractivity contribution in [3.8, 4) is 0 Å². The van der Waals surface area contributed by atoms with Crippen LogP contribution in [-0.2, 0) is 7.05 Å². The second-order valence-corrected chi connectivity index (χ2v) is 5.14. The predicted octanol–water partition coefficient (Wildman–Crippen LogP) is 2.80. The van der Waals surface area contributed by atoms with Gasteiger partial charge in [0.25, 0.3) is 0 Å². The Hall–Kier alpha value is -2.42. The lowest BCUT2D eigenvalue weighted by atomic mass is 10.1. The van der Waals surface area contributed by atoms with Gasteiger partial charge in [0.1, 0.15) is 7.05 Å². The van der Waals surface area contributed by atoms with Crippen LogP contribution in [-0.4, -0.2) is 4.98 Å². The van der Waals surface area contributed by atoms with E-state index in [1.165, 1.54) is 11.1 Å². The highest BCUT2D eigenvalue weighted by atomic mass is 14.9. The molecule has 3 heteroatoms. The van der Waals surface area contributed by atoms with Crippen LogP contribution >= 0.6 is 0 Å². The Morgan fingerprint density at radius 3 is 2.75 bits per heavy atom. The number of hydrogen-bond donors (Lipinski definition) is 0. The molecule has 3 nitrogen and oxygen atoms in total. The minimum atomic E-state index is 0.761. The van der Waals surface area contributed by atoms with E-state index in [1.807, 2.05) is 36.0 Å². The van der Waals surface area contributed by atoms with E-state index < -0.39 is 0 Å². The fourth-order valence-corrected chi connectivity index (χ4v) is 2.19. The molecular weight excluding hydrogens is 246 g/mol. The minimum Gasteiger partial charge on any atom is -0.436 e. The summed E-state index contributed by atoms with van der Waals surface area (Å²) in [6.07, 6.45) is 8.07. The Morgan fingerprint density at radius 2 is 1.95 bits per heavy atom. The monoisotopic (exact) mass is 263 g/mol. The van der Waals surface area contributed by atoms with Crippen LogP contribution in [0.1, 0.15) is 22.5 Å². The number of nitrogens with zero attached hydrogens (tertiary/aromatic N) is 3. The van der Waals surface area contributed by atoms with E-state index in [4.69, 9.17) is 0 Å². The zero-order valence-electron chi connectivity index (χ0n) is 12.0. The van der Waals surface area contributed by atoms with Gasteiger partial charge in [-0.15, -0.1) is 0 Å². The molecule has 100 valence electrons. The van der Waals surface area contributed by atoms with E-state index in [1.54, 1.807) is 0 Å². The molecule has 0 bridgehead atoms. The van der Waals surface area contributed by atoms with Gasteiger partial charge in [-0.1, -0.05) is 24.0 Å². The highest BCUT2D eigenvalue weighted by Crippen LogP contribution is 2.17. The maximum absolute atomic E-state index is 4.55. The number of rotatable bonds is 2. The Labute approximate surface area is 118 Å². The summed E-state index contributed by atoms with van der Waals surface area (Å²) in [5, 5.41) is 0. The average molecular weight is 263 g/mol. The summed E-state index contributed by atoms with van der Waals surface area (Å²) < 4.78 is 2.02. The number of fused-ring (bicyclic) bond motifs is 1. The predicted molar refractivity (Wildman–Crippen MR) is 81.1 cm³/mol. The smallest absolute Gasteiger partial charge is 0.175 e. The van der Waals surface area contributed by atoms with Crippen LogP contribution in [0.25, 0.3) is 23.2 Å². The molecule has 0 amide bonds. The molecule has 0 saturated carbocycles. The summed E-state index contributed by atoms with van der Waals surface area (Å²) in [4.78, 5) is 9.09. The number of benzene rings is 1. The SMILES string of the molecule is Cc1cc2nc(/C=C/c3ccc[n+](C)c3)[n-]c2cc1C. The van der Waals surface area contributed by atoms with Crippen molar-refractivity contribution in [1.82, 2.24) is 9.97 Å². The first-order valence-corrected chi connectivity index (χ1v) is 6.67. The van der Waals surface area contributed by atoms with Crippen LogP contribution in [0, 0.1) is 13.8 Å². The van der Waals surface area contributed by atoms with E-state index >= 15 is 0 Å². The van der Waals surface area contributed by atoms with Crippen molar-refractivity contribution in [3.05, 3.63) is 59.2 Å². The number of pyridine rings is 1. The molecule has 0 fully saturated rings. The van der Waals surface area contributed by atoms with Crippen LogP contribution in [0.4, 0.5) is 0 Å². The fourth-order valence-electron chi connectivity index (χ4n) is 2.19. The first-order valence-electron chi connectivity index (χ1n) is 6.67. The normalized spacial score (nSPS) is 11.6. The van der Waals surface area contributed by atoms with Gasteiger partial charge in [-0.25, -0.2) is 4.57 Å². The first-order chi connectivity index (χ1) is 9.61. The lowest BCUT2D eigenvalue weighted by molar-refractivity contribution is -0.671. The number of aromatic nitrogens is 3. The van der Waals surface area contributed by atoms with Gasteiger partial charge in [0.05, 0.1) is 0 Å². The van der Waals surface area contributed by atoms with Gasteiger partial charge in [0, 0.05) is 11.6 Å². The maximum Gasteiger partial charge on any atom is 0.175 e. The van der Waals surface area contributed by atoms with Gasteiger partial charge in [0.2, 0.25) is 0 Å². The summed E-state index contributed by atoms with van der Waals surface area (Å²) in [5.41, 5.74) is 5.57. The van der Waals surface area contributed by atoms with Crippen LogP contribution in [0.2, 0.25) is 0 Å². The first kappa shape index (κ1) is 12.6. The van der Waals surface area contributed by atoms with E-state index in [9.17, 15) is 0 Å². The quantitative estimate of drug-likeness (QED) is 0.666. The third-order valence-corrected chi connectivity index (χ3v) is 3.45. The second kappa shape index (κ2) is 4.93. The number of aryl methyl sites for hydroxylation is 3. The molecule has 2 aromatic heterocycles. The molecule has 2 heterocycles. The number of imidazole rings is 1. The van der Waals surface area contributed by atoms with Gasteiger partial charge < -0.3 is 9.97 Å². The van der Waals surface area contributed by atoms with Crippen molar-refractivity contribution in [2.24, 2.45) is 7.05 Å². The van der Waals surface area contributed by atoms with Crippen molar-refractivity contribution in [2.75, 3.05) is 0 Å². The average Bonchev–Trinajstić information content (AvgIpc) is 2.79. The third-order valence-electron chi connectivity index (χ3n) is 3.45. The molecule has 1 aromatic carbocycles. The molecule has 0 saturated heterocycles. The molecule has 3 rings (SSSR count). The largest absolute Gasteiger partial charge is 0.436 e. The Morgan fingerprint density at radius 1 is 1.15 bits per heavy atom. The minimum absolute atomic E-state index is 0.761. The summed E-state index contributed by atoms with van der Waals surface area (Å²) >= 11 is 0. The van der Waals surface area contributed by atoms with E-state index in [0.717, 1.165) is 22.4 Å². The lowest BCUT2D eigenvalue weighted by Crippen LogP contribution is -2.26. The van der Waals surface area contributed by atoms with Crippen LogP contribution < -0.4 is 9.55 Å². The highest BCUT2D eigenvalue weighted by Gasteiger charge is 1.96. The molecule has 0 spiro atoms. The Balaban J connectivity index is 1.95. The van der Waals surface area contributed by atoms with Gasteiger partial charge in [-0.05, 0) is 48.2 Å². The molecule has 0 radical (unpaired) electrons. The molecule has 0 aliphatic rings. The zero-order chi connectivity index (χ0) is 14.1. The maximum atomic E-state index is 4.55. The standard InChI is InChI=1S/C17H17N3/c1-12-9-15-16(10-13(12)2)19-17(18-15)7-6-14-5-4-8-20(3)11-14/h4-11H,1-3H3/b7-6+. The van der Waals surface area contributed by atoms with Gasteiger partial charge in [-0.3, -0.25) is 0 Å². The van der Waals surface area contributed by atoms with Gasteiger partial charge >= 0.3 is 0 Å². The molecule has 0 aliphatic heterocycles. The van der Waals surface area contributed by atoms with Crippen molar-refractivity contribution < 1.29 is 4.57 Å². The fraction of sp³-hybridized carbons (Fsp3) is 0.176. The molecule has 0 atom stereocenters. The molecular formula is C17H17N3. The van der Waals surface area contributed by atoms with E-state index in [2.05, 4.69) is 48.2 Å². The molecule has 0 unspecified atom stereocenters. The molecule has 3 aromatic rings. The van der Waals surface area contributed by atoms with Gasteiger partial charge in [0.15, 0.2) is 12.4 Å². The topological polar surface area (TPSA) is 30.9 Å². The zero-order valence-corrected chi connectivity index (χ0v) is 12.0. The van der Waals surface area contributed by atoms with Crippen molar-refractivity contribution in [3.63, 3.8) is 0 Å². The third kappa shape index (κ3) is 2.48. The summed E-state index contributed by atoms with van der Waals surface area (Å²) in [5.74, 6) is 0.761. The molecule has 20 heavy (non-hydrogen) atoms. The molecule has 0 N–H and O–H groups in total. The van der Waals surface area contributed by atoms with Crippen LogP contribution in [0.5, 0.6) is 0 Å². The summed E-state index contributed by atoms with van der Waals surface area (Å²) in [7, 11) is 2.01. The van der Waals surface area contributed by atoms with Crippen LogP contribution in [0.15, 0.2) is 36.7 Å². The molecule has 0 aliphatic carbocycles. The number of hydrogen-bond acceptors (Lipinski definition) is 1. The second-order valence-electron chi connectivity index (χ2n) is 5.14.